The van der Waals surface area contributed by atoms with E-state index in [4.69, 9.17) is 9.47 Å². The van der Waals surface area contributed by atoms with Crippen LogP contribution in [0.3, 0.4) is 0 Å². The number of aryl methyl sites for hydroxylation is 2. The van der Waals surface area contributed by atoms with Crippen LogP contribution in [0.15, 0.2) is 46.9 Å². The largest absolute Gasteiger partial charge is 0.484 e. The van der Waals surface area contributed by atoms with Gasteiger partial charge in [0.25, 0.3) is 11.8 Å². The summed E-state index contributed by atoms with van der Waals surface area (Å²) in [5.74, 6) is 0.191. The number of hydrazine groups is 1. The molecule has 6 nitrogen and oxygen atoms in total. The third-order valence-electron chi connectivity index (χ3n) is 3.18. The Bertz CT molecular complexity index is 747. The van der Waals surface area contributed by atoms with Crippen LogP contribution >= 0.6 is 15.9 Å². The summed E-state index contributed by atoms with van der Waals surface area (Å²) < 4.78 is 11.5. The van der Waals surface area contributed by atoms with Gasteiger partial charge in [-0.2, -0.15) is 0 Å². The predicted molar refractivity (Wildman–Crippen MR) is 97.3 cm³/mol. The number of amides is 2. The molecule has 0 aromatic heterocycles. The fourth-order valence-electron chi connectivity index (χ4n) is 1.86. The lowest BCUT2D eigenvalue weighted by molar-refractivity contribution is -0.131. The molecular weight excluding hydrogens is 388 g/mol. The molecule has 0 atom stereocenters. The maximum absolute atomic E-state index is 11.7. The Morgan fingerprint density at radius 2 is 1.44 bits per heavy atom. The number of carbonyl (C=O) groups excluding carboxylic acids is 2. The van der Waals surface area contributed by atoms with Gasteiger partial charge < -0.3 is 9.47 Å². The van der Waals surface area contributed by atoms with Crippen molar-refractivity contribution in [1.82, 2.24) is 10.9 Å². The van der Waals surface area contributed by atoms with Gasteiger partial charge in [-0.1, -0.05) is 23.8 Å². The smallest absolute Gasteiger partial charge is 0.276 e. The van der Waals surface area contributed by atoms with Gasteiger partial charge in [0.15, 0.2) is 13.2 Å². The maximum Gasteiger partial charge on any atom is 0.276 e. The summed E-state index contributed by atoms with van der Waals surface area (Å²) in [6.45, 7) is 3.49. The molecule has 0 aliphatic carbocycles. The number of carbonyl (C=O) groups is 2. The molecule has 0 fully saturated rings. The highest BCUT2D eigenvalue weighted by Crippen LogP contribution is 2.25. The third kappa shape index (κ3) is 6.46. The average molecular weight is 407 g/mol. The molecule has 2 aromatic carbocycles. The molecular formula is C18H19BrN2O4. The minimum Gasteiger partial charge on any atom is -0.484 e. The summed E-state index contributed by atoms with van der Waals surface area (Å²) in [6, 6.07) is 12.8. The van der Waals surface area contributed by atoms with Crippen LogP contribution in [0.5, 0.6) is 11.5 Å². The fraction of sp³-hybridized carbons (Fsp3) is 0.222. The summed E-state index contributed by atoms with van der Waals surface area (Å²) in [6.07, 6.45) is 0. The predicted octanol–water partition coefficient (Wildman–Crippen LogP) is 2.67. The number of rotatable bonds is 6. The second-order valence-electron chi connectivity index (χ2n) is 5.42. The van der Waals surface area contributed by atoms with Gasteiger partial charge in [-0.25, -0.2) is 0 Å². The summed E-state index contributed by atoms with van der Waals surface area (Å²) in [4.78, 5) is 23.4. The number of hydrogen-bond donors (Lipinski definition) is 2. The first kappa shape index (κ1) is 18.8. The molecule has 0 unspecified atom stereocenters. The highest BCUT2D eigenvalue weighted by Gasteiger charge is 2.08. The van der Waals surface area contributed by atoms with Crippen LogP contribution in [0.4, 0.5) is 0 Å². The van der Waals surface area contributed by atoms with Gasteiger partial charge in [0.05, 0.1) is 4.47 Å². The standard InChI is InChI=1S/C18H19BrN2O4/c1-12-3-6-14(7-4-12)24-10-17(22)20-21-18(23)11-25-16-8-5-13(2)9-15(16)19/h3-9H,10-11H2,1-2H3,(H,20,22)(H,21,23). The van der Waals surface area contributed by atoms with Crippen LogP contribution in [0, 0.1) is 13.8 Å². The summed E-state index contributed by atoms with van der Waals surface area (Å²) in [5, 5.41) is 0. The summed E-state index contributed by atoms with van der Waals surface area (Å²) in [7, 11) is 0. The maximum atomic E-state index is 11.7. The lowest BCUT2D eigenvalue weighted by Gasteiger charge is -2.11. The highest BCUT2D eigenvalue weighted by atomic mass is 79.9. The zero-order valence-electron chi connectivity index (χ0n) is 14.0. The molecule has 0 aliphatic rings. The first-order valence-corrected chi connectivity index (χ1v) is 8.39. The van der Waals surface area contributed by atoms with E-state index >= 15 is 0 Å². The topological polar surface area (TPSA) is 76.7 Å². The van der Waals surface area contributed by atoms with E-state index in [1.165, 1.54) is 0 Å². The quantitative estimate of drug-likeness (QED) is 0.722. The molecule has 0 spiro atoms. The van der Waals surface area contributed by atoms with E-state index in [-0.39, 0.29) is 13.2 Å². The van der Waals surface area contributed by atoms with E-state index in [9.17, 15) is 9.59 Å². The molecule has 0 radical (unpaired) electrons. The van der Waals surface area contributed by atoms with Crippen molar-refractivity contribution in [1.29, 1.82) is 0 Å². The highest BCUT2D eigenvalue weighted by molar-refractivity contribution is 9.10. The molecule has 0 aliphatic heterocycles. The molecule has 132 valence electrons. The van der Waals surface area contributed by atoms with Crippen molar-refractivity contribution in [3.63, 3.8) is 0 Å². The first-order valence-electron chi connectivity index (χ1n) is 7.60. The molecule has 7 heteroatoms. The van der Waals surface area contributed by atoms with Gasteiger partial charge in [0.2, 0.25) is 0 Å². The summed E-state index contributed by atoms with van der Waals surface area (Å²) in [5.41, 5.74) is 6.71. The number of nitrogens with one attached hydrogen (secondary N) is 2. The van der Waals surface area contributed by atoms with Gasteiger partial charge in [-0.3, -0.25) is 20.4 Å². The van der Waals surface area contributed by atoms with Crippen LogP contribution in [0.1, 0.15) is 11.1 Å². The normalized spacial score (nSPS) is 10.0. The minimum atomic E-state index is -0.476. The molecule has 0 bridgehead atoms. The first-order chi connectivity index (χ1) is 11.9. The van der Waals surface area contributed by atoms with Crippen molar-refractivity contribution in [3.8, 4) is 11.5 Å². The number of halogens is 1. The van der Waals surface area contributed by atoms with Crippen molar-refractivity contribution in [2.24, 2.45) is 0 Å². The van der Waals surface area contributed by atoms with Gasteiger partial charge >= 0.3 is 0 Å². The van der Waals surface area contributed by atoms with E-state index in [2.05, 4.69) is 26.8 Å². The number of ether oxygens (including phenoxy) is 2. The lowest BCUT2D eigenvalue weighted by Crippen LogP contribution is -2.45. The second-order valence-corrected chi connectivity index (χ2v) is 6.27. The van der Waals surface area contributed by atoms with Gasteiger partial charge in [-0.15, -0.1) is 0 Å². The molecule has 0 saturated heterocycles. The van der Waals surface area contributed by atoms with Crippen LogP contribution < -0.4 is 20.3 Å². The van der Waals surface area contributed by atoms with E-state index < -0.39 is 11.8 Å². The Kier molecular flexibility index (Phi) is 6.82. The third-order valence-corrected chi connectivity index (χ3v) is 3.80. The van der Waals surface area contributed by atoms with Gasteiger partial charge in [0.1, 0.15) is 11.5 Å². The van der Waals surface area contributed by atoms with Crippen molar-refractivity contribution in [2.45, 2.75) is 13.8 Å². The molecule has 0 saturated carbocycles. The van der Waals surface area contributed by atoms with E-state index in [1.54, 1.807) is 18.2 Å². The van der Waals surface area contributed by atoms with Crippen LogP contribution in [0.2, 0.25) is 0 Å². The molecule has 2 aromatic rings. The Balaban J connectivity index is 1.68. The lowest BCUT2D eigenvalue weighted by atomic mass is 10.2. The van der Waals surface area contributed by atoms with Crippen LogP contribution in [-0.2, 0) is 9.59 Å². The van der Waals surface area contributed by atoms with Crippen molar-refractivity contribution in [2.75, 3.05) is 13.2 Å². The SMILES string of the molecule is Cc1ccc(OCC(=O)NNC(=O)COc2ccc(C)cc2Br)cc1. The second kappa shape index (κ2) is 9.08. The van der Waals surface area contributed by atoms with E-state index in [0.717, 1.165) is 15.6 Å². The average Bonchev–Trinajstić information content (AvgIpc) is 2.58. The van der Waals surface area contributed by atoms with Crippen molar-refractivity contribution >= 4 is 27.7 Å². The fourth-order valence-corrected chi connectivity index (χ4v) is 2.47. The molecule has 25 heavy (non-hydrogen) atoms. The van der Waals surface area contributed by atoms with Crippen molar-refractivity contribution < 1.29 is 19.1 Å². The van der Waals surface area contributed by atoms with Crippen LogP contribution in [0.25, 0.3) is 0 Å². The monoisotopic (exact) mass is 406 g/mol. The molecule has 0 heterocycles. The zero-order valence-corrected chi connectivity index (χ0v) is 15.6. The van der Waals surface area contributed by atoms with Crippen molar-refractivity contribution in [3.05, 3.63) is 58.1 Å². The Morgan fingerprint density at radius 3 is 2.04 bits per heavy atom. The molecule has 2 amide bonds. The number of benzene rings is 2. The molecule has 2 rings (SSSR count). The Hall–Kier alpha value is -2.54. The summed E-state index contributed by atoms with van der Waals surface area (Å²) >= 11 is 3.36. The number of hydrogen-bond acceptors (Lipinski definition) is 4. The van der Waals surface area contributed by atoms with E-state index in [0.29, 0.717) is 11.5 Å². The van der Waals surface area contributed by atoms with Gasteiger partial charge in [-0.05, 0) is 59.6 Å². The minimum absolute atomic E-state index is 0.201. The zero-order chi connectivity index (χ0) is 18.2. The van der Waals surface area contributed by atoms with Gasteiger partial charge in [0, 0.05) is 0 Å². The van der Waals surface area contributed by atoms with Crippen LogP contribution in [-0.4, -0.2) is 25.0 Å². The molecule has 2 N–H and O–H groups in total. The Labute approximate surface area is 154 Å². The van der Waals surface area contributed by atoms with E-state index in [1.807, 2.05) is 38.1 Å². The Morgan fingerprint density at radius 1 is 0.880 bits per heavy atom.